The zero-order valence-electron chi connectivity index (χ0n) is 11.1. The second-order valence-corrected chi connectivity index (χ2v) is 5.20. The van der Waals surface area contributed by atoms with Crippen LogP contribution in [0.4, 0.5) is 0 Å². The standard InChI is InChI=1S/C14H18N2O3S/c15-13(18)6-1-3-9-16-14(19)12-8-7-11(20-12)5-2-4-10-17/h7-8,17H,1,3-4,6,9-10H2,(H2,15,18)(H,16,19). The largest absolute Gasteiger partial charge is 0.395 e. The minimum atomic E-state index is -0.319. The van der Waals surface area contributed by atoms with Crippen LogP contribution in [0, 0.1) is 11.8 Å². The fourth-order valence-corrected chi connectivity index (χ4v) is 2.24. The number of carbonyl (C=O) groups is 2. The summed E-state index contributed by atoms with van der Waals surface area (Å²) in [4.78, 5) is 23.7. The first-order valence-corrected chi connectivity index (χ1v) is 7.21. The summed E-state index contributed by atoms with van der Waals surface area (Å²) in [6.07, 6.45) is 2.18. The Kier molecular flexibility index (Phi) is 7.40. The number of nitrogens with two attached hydrogens (primary N) is 1. The highest BCUT2D eigenvalue weighted by molar-refractivity contribution is 7.14. The maximum atomic E-state index is 11.8. The lowest BCUT2D eigenvalue weighted by atomic mass is 10.2. The average molecular weight is 294 g/mol. The van der Waals surface area contributed by atoms with Gasteiger partial charge in [0.15, 0.2) is 0 Å². The lowest BCUT2D eigenvalue weighted by Crippen LogP contribution is -2.23. The summed E-state index contributed by atoms with van der Waals surface area (Å²) in [6, 6.07) is 3.52. The third-order valence-corrected chi connectivity index (χ3v) is 3.41. The summed E-state index contributed by atoms with van der Waals surface area (Å²) in [5, 5.41) is 11.4. The van der Waals surface area contributed by atoms with Gasteiger partial charge in [-0.25, -0.2) is 0 Å². The monoisotopic (exact) mass is 294 g/mol. The molecule has 0 saturated carbocycles. The Morgan fingerprint density at radius 3 is 2.85 bits per heavy atom. The molecule has 0 fully saturated rings. The van der Waals surface area contributed by atoms with E-state index in [1.165, 1.54) is 11.3 Å². The van der Waals surface area contributed by atoms with Crippen molar-refractivity contribution < 1.29 is 14.7 Å². The maximum absolute atomic E-state index is 11.8. The SMILES string of the molecule is NC(=O)CCCCNC(=O)c1ccc(C#CCCO)s1. The van der Waals surface area contributed by atoms with Crippen LogP contribution in [0.5, 0.6) is 0 Å². The zero-order valence-corrected chi connectivity index (χ0v) is 12.0. The molecule has 0 spiro atoms. The van der Waals surface area contributed by atoms with Gasteiger partial charge in [0.2, 0.25) is 5.91 Å². The molecule has 20 heavy (non-hydrogen) atoms. The molecule has 2 amide bonds. The molecule has 1 heterocycles. The van der Waals surface area contributed by atoms with Gasteiger partial charge >= 0.3 is 0 Å². The Labute approximate surface area is 122 Å². The van der Waals surface area contributed by atoms with Crippen LogP contribution in [0.25, 0.3) is 0 Å². The van der Waals surface area contributed by atoms with Gasteiger partial charge in [-0.3, -0.25) is 9.59 Å². The molecule has 1 aromatic rings. The molecule has 0 saturated heterocycles. The number of amides is 2. The first-order chi connectivity index (χ1) is 9.63. The van der Waals surface area contributed by atoms with E-state index in [0.717, 1.165) is 11.3 Å². The molecule has 5 nitrogen and oxygen atoms in total. The van der Waals surface area contributed by atoms with Crippen molar-refractivity contribution in [2.75, 3.05) is 13.2 Å². The smallest absolute Gasteiger partial charge is 0.261 e. The Hall–Kier alpha value is -1.84. The van der Waals surface area contributed by atoms with E-state index < -0.39 is 0 Å². The number of carbonyl (C=O) groups excluding carboxylic acids is 2. The molecular weight excluding hydrogens is 276 g/mol. The lowest BCUT2D eigenvalue weighted by Gasteiger charge is -2.02. The number of aliphatic hydroxyl groups is 1. The number of primary amides is 1. The number of unbranched alkanes of at least 4 members (excludes halogenated alkanes) is 1. The molecule has 6 heteroatoms. The maximum Gasteiger partial charge on any atom is 0.261 e. The van der Waals surface area contributed by atoms with E-state index in [4.69, 9.17) is 10.8 Å². The van der Waals surface area contributed by atoms with E-state index in [9.17, 15) is 9.59 Å². The summed E-state index contributed by atoms with van der Waals surface area (Å²) in [5.41, 5.74) is 5.03. The molecule has 1 aromatic heterocycles. The van der Waals surface area contributed by atoms with Crippen LogP contribution < -0.4 is 11.1 Å². The highest BCUT2D eigenvalue weighted by Crippen LogP contribution is 2.15. The molecule has 0 unspecified atom stereocenters. The van der Waals surface area contributed by atoms with E-state index >= 15 is 0 Å². The summed E-state index contributed by atoms with van der Waals surface area (Å²) >= 11 is 1.32. The second kappa shape index (κ2) is 9.13. The summed E-state index contributed by atoms with van der Waals surface area (Å²) < 4.78 is 0. The van der Waals surface area contributed by atoms with Gasteiger partial charge in [0, 0.05) is 19.4 Å². The molecule has 0 atom stereocenters. The van der Waals surface area contributed by atoms with Gasteiger partial charge < -0.3 is 16.2 Å². The van der Waals surface area contributed by atoms with E-state index in [-0.39, 0.29) is 18.4 Å². The normalized spacial score (nSPS) is 9.65. The third-order valence-electron chi connectivity index (χ3n) is 2.41. The van der Waals surface area contributed by atoms with Crippen molar-refractivity contribution in [3.63, 3.8) is 0 Å². The van der Waals surface area contributed by atoms with E-state index in [2.05, 4.69) is 17.2 Å². The highest BCUT2D eigenvalue weighted by atomic mass is 32.1. The Bertz CT molecular complexity index is 514. The minimum absolute atomic E-state index is 0.0387. The predicted molar refractivity (Wildman–Crippen MR) is 78.3 cm³/mol. The van der Waals surface area contributed by atoms with Gasteiger partial charge in [0.25, 0.3) is 5.91 Å². The van der Waals surface area contributed by atoms with Gasteiger partial charge in [0.05, 0.1) is 16.4 Å². The quantitative estimate of drug-likeness (QED) is 0.514. The average Bonchev–Trinajstić information content (AvgIpc) is 2.87. The molecule has 0 radical (unpaired) electrons. The number of aliphatic hydroxyl groups excluding tert-OH is 1. The Morgan fingerprint density at radius 1 is 1.35 bits per heavy atom. The summed E-state index contributed by atoms with van der Waals surface area (Å²) in [5.74, 6) is 5.24. The molecule has 0 aliphatic rings. The van der Waals surface area contributed by atoms with Crippen LogP contribution in [0.2, 0.25) is 0 Å². The second-order valence-electron chi connectivity index (χ2n) is 4.12. The number of hydrogen-bond donors (Lipinski definition) is 3. The predicted octanol–water partition coefficient (Wildman–Crippen LogP) is 0.867. The number of thiophene rings is 1. The molecule has 4 N–H and O–H groups in total. The van der Waals surface area contributed by atoms with Crippen LogP contribution in [0.15, 0.2) is 12.1 Å². The van der Waals surface area contributed by atoms with Crippen LogP contribution >= 0.6 is 11.3 Å². The van der Waals surface area contributed by atoms with Gasteiger partial charge in [-0.1, -0.05) is 11.8 Å². The van der Waals surface area contributed by atoms with Crippen molar-refractivity contribution in [1.29, 1.82) is 0 Å². The van der Waals surface area contributed by atoms with Gasteiger partial charge in [-0.15, -0.1) is 11.3 Å². The molecule has 108 valence electrons. The van der Waals surface area contributed by atoms with Crippen LogP contribution in [0.3, 0.4) is 0 Å². The fraction of sp³-hybridized carbons (Fsp3) is 0.429. The van der Waals surface area contributed by atoms with Crippen molar-refractivity contribution >= 4 is 23.2 Å². The Balaban J connectivity index is 2.33. The van der Waals surface area contributed by atoms with Crippen molar-refractivity contribution in [2.24, 2.45) is 5.73 Å². The molecule has 0 aromatic carbocycles. The first kappa shape index (κ1) is 16.2. The van der Waals surface area contributed by atoms with Crippen molar-refractivity contribution in [3.8, 4) is 11.8 Å². The number of hydrogen-bond acceptors (Lipinski definition) is 4. The van der Waals surface area contributed by atoms with Crippen molar-refractivity contribution in [1.82, 2.24) is 5.32 Å². The van der Waals surface area contributed by atoms with Gasteiger partial charge in [0.1, 0.15) is 0 Å². The van der Waals surface area contributed by atoms with E-state index in [0.29, 0.717) is 30.7 Å². The summed E-state index contributed by atoms with van der Waals surface area (Å²) in [6.45, 7) is 0.562. The third kappa shape index (κ3) is 6.36. The van der Waals surface area contributed by atoms with Gasteiger partial charge in [-0.05, 0) is 25.0 Å². The number of nitrogens with one attached hydrogen (secondary N) is 1. The number of rotatable bonds is 7. The fourth-order valence-electron chi connectivity index (χ4n) is 1.45. The highest BCUT2D eigenvalue weighted by Gasteiger charge is 2.07. The van der Waals surface area contributed by atoms with Crippen LogP contribution in [0.1, 0.15) is 40.2 Å². The van der Waals surface area contributed by atoms with Crippen molar-refractivity contribution in [3.05, 3.63) is 21.9 Å². The summed E-state index contributed by atoms with van der Waals surface area (Å²) in [7, 11) is 0. The Morgan fingerprint density at radius 2 is 2.15 bits per heavy atom. The van der Waals surface area contributed by atoms with E-state index in [1.807, 2.05) is 0 Å². The molecule has 0 bridgehead atoms. The lowest BCUT2D eigenvalue weighted by molar-refractivity contribution is -0.118. The topological polar surface area (TPSA) is 92.4 Å². The molecule has 1 rings (SSSR count). The molecular formula is C14H18N2O3S. The van der Waals surface area contributed by atoms with E-state index in [1.54, 1.807) is 12.1 Å². The zero-order chi connectivity index (χ0) is 14.8. The minimum Gasteiger partial charge on any atom is -0.395 e. The van der Waals surface area contributed by atoms with Crippen LogP contribution in [-0.2, 0) is 4.79 Å². The van der Waals surface area contributed by atoms with Crippen LogP contribution in [-0.4, -0.2) is 30.1 Å². The first-order valence-electron chi connectivity index (χ1n) is 6.39. The molecule has 0 aliphatic heterocycles. The van der Waals surface area contributed by atoms with Crippen molar-refractivity contribution in [2.45, 2.75) is 25.7 Å². The molecule has 0 aliphatic carbocycles. The van der Waals surface area contributed by atoms with Gasteiger partial charge in [-0.2, -0.15) is 0 Å².